The minimum Gasteiger partial charge on any atom is -0.468 e. The van der Waals surface area contributed by atoms with Crippen molar-refractivity contribution in [3.8, 4) is 0 Å². The van der Waals surface area contributed by atoms with Gasteiger partial charge in [0.25, 0.3) is 0 Å². The Labute approximate surface area is 188 Å². The SMILES string of the molecule is CCCCC1(C(=O)OC)NC(c2ccc(C)cc2)C2C(=O)N(c3ccc(C)cc3)C(=O)C21. The first-order chi connectivity index (χ1) is 15.3. The lowest BCUT2D eigenvalue weighted by molar-refractivity contribution is -0.152. The molecule has 2 aromatic rings. The molecule has 0 saturated carbocycles. The van der Waals surface area contributed by atoms with Gasteiger partial charge in [-0.3, -0.25) is 19.7 Å². The number of aryl methyl sites for hydroxylation is 2. The zero-order chi connectivity index (χ0) is 23.0. The molecule has 4 unspecified atom stereocenters. The van der Waals surface area contributed by atoms with Crippen molar-refractivity contribution in [2.24, 2.45) is 11.8 Å². The van der Waals surface area contributed by atoms with E-state index in [-0.39, 0.29) is 11.8 Å². The second-order valence-electron chi connectivity index (χ2n) is 8.95. The third-order valence-electron chi connectivity index (χ3n) is 6.86. The number of methoxy groups -OCH3 is 1. The summed E-state index contributed by atoms with van der Waals surface area (Å²) in [4.78, 5) is 41.9. The molecular weight excluding hydrogens is 404 g/mol. The number of nitrogens with one attached hydrogen (secondary N) is 1. The van der Waals surface area contributed by atoms with Gasteiger partial charge in [-0.05, 0) is 38.0 Å². The van der Waals surface area contributed by atoms with Crippen LogP contribution >= 0.6 is 0 Å². The fraction of sp³-hybridized carbons (Fsp3) is 0.423. The van der Waals surface area contributed by atoms with Crippen LogP contribution < -0.4 is 10.2 Å². The molecule has 6 heteroatoms. The van der Waals surface area contributed by atoms with Gasteiger partial charge in [0.1, 0.15) is 5.54 Å². The Morgan fingerprint density at radius 1 is 1.00 bits per heavy atom. The lowest BCUT2D eigenvalue weighted by Crippen LogP contribution is -2.56. The first-order valence-corrected chi connectivity index (χ1v) is 11.2. The van der Waals surface area contributed by atoms with Crippen LogP contribution in [-0.2, 0) is 19.1 Å². The summed E-state index contributed by atoms with van der Waals surface area (Å²) in [5.41, 5.74) is 2.33. The molecule has 2 aliphatic rings. The minimum atomic E-state index is -1.24. The van der Waals surface area contributed by atoms with E-state index in [1.54, 1.807) is 12.1 Å². The lowest BCUT2D eigenvalue weighted by atomic mass is 9.76. The average molecular weight is 435 g/mol. The van der Waals surface area contributed by atoms with Crippen molar-refractivity contribution in [3.05, 3.63) is 65.2 Å². The number of unbranched alkanes of at least 4 members (excludes halogenated alkanes) is 1. The van der Waals surface area contributed by atoms with Crippen LogP contribution in [0.5, 0.6) is 0 Å². The molecule has 0 aromatic heterocycles. The van der Waals surface area contributed by atoms with Crippen LogP contribution in [0.15, 0.2) is 48.5 Å². The fourth-order valence-corrected chi connectivity index (χ4v) is 5.17. The van der Waals surface area contributed by atoms with Crippen LogP contribution in [-0.4, -0.2) is 30.4 Å². The minimum absolute atomic E-state index is 0.274. The summed E-state index contributed by atoms with van der Waals surface area (Å²) >= 11 is 0. The largest absolute Gasteiger partial charge is 0.468 e. The van der Waals surface area contributed by atoms with Gasteiger partial charge in [-0.2, -0.15) is 0 Å². The number of carbonyl (C=O) groups is 3. The van der Waals surface area contributed by atoms with Gasteiger partial charge in [-0.15, -0.1) is 0 Å². The molecule has 2 aliphatic heterocycles. The van der Waals surface area contributed by atoms with E-state index >= 15 is 0 Å². The van der Waals surface area contributed by atoms with Crippen molar-refractivity contribution >= 4 is 23.5 Å². The van der Waals surface area contributed by atoms with E-state index in [0.29, 0.717) is 12.1 Å². The molecule has 2 aromatic carbocycles. The number of esters is 1. The van der Waals surface area contributed by atoms with E-state index in [0.717, 1.165) is 29.5 Å². The van der Waals surface area contributed by atoms with E-state index < -0.39 is 29.4 Å². The third-order valence-corrected chi connectivity index (χ3v) is 6.86. The van der Waals surface area contributed by atoms with Crippen LogP contribution in [0.2, 0.25) is 0 Å². The molecule has 0 spiro atoms. The highest BCUT2D eigenvalue weighted by atomic mass is 16.5. The van der Waals surface area contributed by atoms with Crippen LogP contribution in [0.25, 0.3) is 0 Å². The summed E-state index contributed by atoms with van der Waals surface area (Å²) in [5, 5.41) is 3.43. The van der Waals surface area contributed by atoms with E-state index in [4.69, 9.17) is 4.74 Å². The Kier molecular flexibility index (Phi) is 5.91. The number of ether oxygens (including phenoxy) is 1. The highest BCUT2D eigenvalue weighted by Crippen LogP contribution is 2.51. The van der Waals surface area contributed by atoms with Crippen molar-refractivity contribution < 1.29 is 19.1 Å². The second-order valence-corrected chi connectivity index (χ2v) is 8.95. The molecule has 168 valence electrons. The Hall–Kier alpha value is -2.99. The third kappa shape index (κ3) is 3.43. The Morgan fingerprint density at radius 3 is 2.16 bits per heavy atom. The molecule has 2 fully saturated rings. The van der Waals surface area contributed by atoms with Gasteiger partial charge >= 0.3 is 5.97 Å². The summed E-state index contributed by atoms with van der Waals surface area (Å²) in [6.45, 7) is 5.99. The number of imide groups is 1. The summed E-state index contributed by atoms with van der Waals surface area (Å²) in [6.07, 6.45) is 2.02. The number of anilines is 1. The highest BCUT2D eigenvalue weighted by molar-refractivity contribution is 6.24. The van der Waals surface area contributed by atoms with Crippen LogP contribution in [0.3, 0.4) is 0 Å². The molecule has 2 amide bonds. The molecule has 4 rings (SSSR count). The molecule has 2 heterocycles. The van der Waals surface area contributed by atoms with Crippen molar-refractivity contribution in [3.63, 3.8) is 0 Å². The number of rotatable bonds is 6. The highest BCUT2D eigenvalue weighted by Gasteiger charge is 2.68. The molecule has 4 atom stereocenters. The number of hydrogen-bond acceptors (Lipinski definition) is 5. The van der Waals surface area contributed by atoms with Crippen molar-refractivity contribution in [1.82, 2.24) is 5.32 Å². The molecule has 2 saturated heterocycles. The normalized spacial score (nSPS) is 27.0. The maximum atomic E-state index is 13.8. The predicted molar refractivity (Wildman–Crippen MR) is 122 cm³/mol. The molecule has 32 heavy (non-hydrogen) atoms. The van der Waals surface area contributed by atoms with E-state index in [1.165, 1.54) is 12.0 Å². The van der Waals surface area contributed by atoms with Crippen molar-refractivity contribution in [2.45, 2.75) is 51.6 Å². The predicted octanol–water partition coefficient (Wildman–Crippen LogP) is 3.86. The molecule has 0 radical (unpaired) electrons. The zero-order valence-corrected chi connectivity index (χ0v) is 19.1. The summed E-state index contributed by atoms with van der Waals surface area (Å²) in [7, 11) is 1.34. The van der Waals surface area contributed by atoms with Crippen molar-refractivity contribution in [1.29, 1.82) is 0 Å². The van der Waals surface area contributed by atoms with Gasteiger partial charge in [0.15, 0.2) is 0 Å². The number of hydrogen-bond donors (Lipinski definition) is 1. The van der Waals surface area contributed by atoms with Gasteiger partial charge in [-0.1, -0.05) is 67.3 Å². The Morgan fingerprint density at radius 2 is 1.59 bits per heavy atom. The second kappa shape index (κ2) is 8.51. The molecule has 1 N–H and O–H groups in total. The van der Waals surface area contributed by atoms with Crippen LogP contribution in [0, 0.1) is 25.7 Å². The fourth-order valence-electron chi connectivity index (χ4n) is 5.17. The smallest absolute Gasteiger partial charge is 0.326 e. The maximum Gasteiger partial charge on any atom is 0.326 e. The van der Waals surface area contributed by atoms with Gasteiger partial charge in [0, 0.05) is 6.04 Å². The number of nitrogens with zero attached hydrogens (tertiary/aromatic N) is 1. The van der Waals surface area contributed by atoms with Crippen LogP contribution in [0.4, 0.5) is 5.69 Å². The summed E-state index contributed by atoms with van der Waals surface area (Å²) in [6, 6.07) is 14.8. The standard InChI is InChI=1S/C26H30N2O4/c1-5-6-15-26(25(31)32-4)21-20(22(27-26)18-11-7-16(2)8-12-18)23(29)28(24(21)30)19-13-9-17(3)10-14-19/h7-14,20-22,27H,5-6,15H2,1-4H3. The Balaban J connectivity index is 1.85. The maximum absolute atomic E-state index is 13.8. The van der Waals surface area contributed by atoms with Crippen LogP contribution in [0.1, 0.15) is 48.9 Å². The van der Waals surface area contributed by atoms with Gasteiger partial charge in [0.2, 0.25) is 11.8 Å². The number of carbonyl (C=O) groups excluding carboxylic acids is 3. The summed E-state index contributed by atoms with van der Waals surface area (Å²) in [5.74, 6) is -2.59. The zero-order valence-electron chi connectivity index (χ0n) is 19.1. The molecule has 0 aliphatic carbocycles. The molecule has 0 bridgehead atoms. The first-order valence-electron chi connectivity index (χ1n) is 11.2. The van der Waals surface area contributed by atoms with E-state index in [2.05, 4.69) is 5.32 Å². The van der Waals surface area contributed by atoms with E-state index in [1.807, 2.05) is 57.2 Å². The van der Waals surface area contributed by atoms with Gasteiger partial charge in [-0.25, -0.2) is 4.90 Å². The topological polar surface area (TPSA) is 75.7 Å². The molecular formula is C26H30N2O4. The quantitative estimate of drug-likeness (QED) is 0.552. The average Bonchev–Trinajstić information content (AvgIpc) is 3.27. The van der Waals surface area contributed by atoms with Crippen molar-refractivity contribution in [2.75, 3.05) is 12.0 Å². The monoisotopic (exact) mass is 434 g/mol. The number of fused-ring (bicyclic) bond motifs is 1. The summed E-state index contributed by atoms with van der Waals surface area (Å²) < 4.78 is 5.20. The lowest BCUT2D eigenvalue weighted by Gasteiger charge is -2.32. The number of amides is 2. The number of benzene rings is 2. The first kappa shape index (κ1) is 22.2. The molecule has 6 nitrogen and oxygen atoms in total. The van der Waals surface area contributed by atoms with E-state index in [9.17, 15) is 14.4 Å². The van der Waals surface area contributed by atoms with Gasteiger partial charge in [0.05, 0.1) is 24.6 Å². The Bertz CT molecular complexity index is 1030. The van der Waals surface area contributed by atoms with Gasteiger partial charge < -0.3 is 4.74 Å².